The van der Waals surface area contributed by atoms with E-state index in [1.807, 2.05) is 0 Å². The minimum absolute atomic E-state index is 0.0976. The van der Waals surface area contributed by atoms with Crippen molar-refractivity contribution in [3.63, 3.8) is 0 Å². The van der Waals surface area contributed by atoms with Crippen molar-refractivity contribution < 1.29 is 18.3 Å². The van der Waals surface area contributed by atoms with E-state index >= 15 is 0 Å². The quantitative estimate of drug-likeness (QED) is 0.844. The van der Waals surface area contributed by atoms with Crippen molar-refractivity contribution in [2.24, 2.45) is 0 Å². The summed E-state index contributed by atoms with van der Waals surface area (Å²) >= 11 is 5.64. The molecule has 0 aliphatic carbocycles. The van der Waals surface area contributed by atoms with Crippen molar-refractivity contribution in [3.8, 4) is 0 Å². The monoisotopic (exact) mass is 316 g/mol. The van der Waals surface area contributed by atoms with Crippen LogP contribution >= 0.6 is 11.6 Å². The van der Waals surface area contributed by atoms with Gasteiger partial charge in [-0.1, -0.05) is 11.6 Å². The molecule has 0 saturated carbocycles. The Morgan fingerprint density at radius 1 is 1.40 bits per heavy atom. The van der Waals surface area contributed by atoms with Crippen LogP contribution in [0.25, 0.3) is 0 Å². The Kier molecular flexibility index (Phi) is 3.91. The molecule has 0 spiro atoms. The van der Waals surface area contributed by atoms with Crippen LogP contribution < -0.4 is 4.72 Å². The lowest BCUT2D eigenvalue weighted by Gasteiger charge is -2.04. The van der Waals surface area contributed by atoms with Gasteiger partial charge < -0.3 is 5.11 Å². The van der Waals surface area contributed by atoms with E-state index in [2.05, 4.69) is 14.8 Å². The van der Waals surface area contributed by atoms with Gasteiger partial charge in [0.25, 0.3) is 10.0 Å². The number of hydrogen-bond donors (Lipinski definition) is 2. The average molecular weight is 317 g/mol. The van der Waals surface area contributed by atoms with E-state index < -0.39 is 22.5 Å². The summed E-state index contributed by atoms with van der Waals surface area (Å²) in [6.07, 6.45) is 3.47. The third kappa shape index (κ3) is 3.45. The number of aliphatic carboxylic acids is 1. The molecule has 0 fully saturated rings. The molecule has 8 nitrogen and oxygen atoms in total. The van der Waals surface area contributed by atoms with Crippen LogP contribution in [-0.4, -0.2) is 34.3 Å². The van der Waals surface area contributed by atoms with Gasteiger partial charge in [0, 0.05) is 12.4 Å². The van der Waals surface area contributed by atoms with E-state index in [1.54, 1.807) is 0 Å². The van der Waals surface area contributed by atoms with Crippen LogP contribution in [0.15, 0.2) is 35.6 Å². The normalized spacial score (nSPS) is 11.2. The molecule has 0 saturated heterocycles. The second-order valence-electron chi connectivity index (χ2n) is 3.73. The fraction of sp³-hybridized carbons (Fsp3) is 0.100. The summed E-state index contributed by atoms with van der Waals surface area (Å²) in [5.41, 5.74) is 0. The minimum Gasteiger partial charge on any atom is -0.480 e. The SMILES string of the molecule is O=C(O)Cn1cc(S(=O)(=O)Nc2ccc(Cl)cn2)cn1. The van der Waals surface area contributed by atoms with Gasteiger partial charge in [-0.3, -0.25) is 14.2 Å². The van der Waals surface area contributed by atoms with Crippen LogP contribution in [0, 0.1) is 0 Å². The summed E-state index contributed by atoms with van der Waals surface area (Å²) in [5.74, 6) is -1.02. The number of halogens is 1. The summed E-state index contributed by atoms with van der Waals surface area (Å²) in [7, 11) is -3.87. The molecule has 0 aliphatic heterocycles. The number of carboxylic acids is 1. The summed E-state index contributed by atoms with van der Waals surface area (Å²) in [5, 5.41) is 12.6. The van der Waals surface area contributed by atoms with E-state index in [4.69, 9.17) is 16.7 Å². The molecular formula is C10H9ClN4O4S. The molecule has 0 atom stereocenters. The second kappa shape index (κ2) is 5.47. The van der Waals surface area contributed by atoms with Crippen LogP contribution in [0.5, 0.6) is 0 Å². The number of aromatic nitrogens is 3. The lowest BCUT2D eigenvalue weighted by molar-refractivity contribution is -0.137. The van der Waals surface area contributed by atoms with Crippen molar-refractivity contribution in [2.45, 2.75) is 11.4 Å². The summed E-state index contributed by atoms with van der Waals surface area (Å²) in [6, 6.07) is 2.89. The van der Waals surface area contributed by atoms with Crippen molar-refractivity contribution in [1.82, 2.24) is 14.8 Å². The Labute approximate surface area is 119 Å². The van der Waals surface area contributed by atoms with Crippen LogP contribution in [0.3, 0.4) is 0 Å². The molecule has 10 heteroatoms. The van der Waals surface area contributed by atoms with Gasteiger partial charge in [-0.15, -0.1) is 0 Å². The zero-order valence-corrected chi connectivity index (χ0v) is 11.5. The first kappa shape index (κ1) is 14.3. The number of anilines is 1. The number of nitrogens with one attached hydrogen (secondary N) is 1. The van der Waals surface area contributed by atoms with E-state index in [9.17, 15) is 13.2 Å². The molecule has 0 bridgehead atoms. The summed E-state index contributed by atoms with van der Waals surface area (Å²) < 4.78 is 27.2. The Bertz CT molecular complexity index is 726. The smallest absolute Gasteiger partial charge is 0.325 e. The van der Waals surface area contributed by atoms with E-state index in [0.29, 0.717) is 5.02 Å². The van der Waals surface area contributed by atoms with Gasteiger partial charge in [-0.2, -0.15) is 5.10 Å². The topological polar surface area (TPSA) is 114 Å². The third-order valence-electron chi connectivity index (χ3n) is 2.18. The highest BCUT2D eigenvalue weighted by atomic mass is 35.5. The van der Waals surface area contributed by atoms with Gasteiger partial charge in [-0.25, -0.2) is 13.4 Å². The van der Waals surface area contributed by atoms with Gasteiger partial charge in [0.1, 0.15) is 17.3 Å². The van der Waals surface area contributed by atoms with Crippen molar-refractivity contribution in [2.75, 3.05) is 4.72 Å². The van der Waals surface area contributed by atoms with Crippen LogP contribution in [0.2, 0.25) is 5.02 Å². The zero-order valence-electron chi connectivity index (χ0n) is 9.89. The van der Waals surface area contributed by atoms with E-state index in [1.165, 1.54) is 18.3 Å². The zero-order chi connectivity index (χ0) is 14.8. The second-order valence-corrected chi connectivity index (χ2v) is 5.85. The first-order valence-corrected chi connectivity index (χ1v) is 7.11. The van der Waals surface area contributed by atoms with Crippen molar-refractivity contribution in [3.05, 3.63) is 35.7 Å². The molecule has 2 aromatic rings. The fourth-order valence-corrected chi connectivity index (χ4v) is 2.41. The number of nitrogens with zero attached hydrogens (tertiary/aromatic N) is 3. The molecule has 2 heterocycles. The molecule has 106 valence electrons. The number of carboxylic acid groups (broad SMARTS) is 1. The maximum Gasteiger partial charge on any atom is 0.325 e. The average Bonchev–Trinajstić information content (AvgIpc) is 2.80. The highest BCUT2D eigenvalue weighted by Crippen LogP contribution is 2.15. The molecule has 0 radical (unpaired) electrons. The van der Waals surface area contributed by atoms with Crippen LogP contribution in [0.1, 0.15) is 0 Å². The highest BCUT2D eigenvalue weighted by Gasteiger charge is 2.17. The first-order chi connectivity index (χ1) is 9.37. The van der Waals surface area contributed by atoms with E-state index in [0.717, 1.165) is 17.1 Å². The molecule has 0 aliphatic rings. The van der Waals surface area contributed by atoms with Crippen molar-refractivity contribution in [1.29, 1.82) is 0 Å². The van der Waals surface area contributed by atoms with E-state index in [-0.39, 0.29) is 10.7 Å². The highest BCUT2D eigenvalue weighted by molar-refractivity contribution is 7.92. The van der Waals surface area contributed by atoms with Gasteiger partial charge in [0.05, 0.1) is 11.2 Å². The Hall–Kier alpha value is -2.13. The standard InChI is InChI=1S/C10H9ClN4O4S/c11-7-1-2-9(12-3-7)14-20(18,19)8-4-13-15(5-8)6-10(16)17/h1-5H,6H2,(H,12,14)(H,16,17). The number of rotatable bonds is 5. The largest absolute Gasteiger partial charge is 0.480 e. The van der Waals surface area contributed by atoms with Gasteiger partial charge in [-0.05, 0) is 12.1 Å². The summed E-state index contributed by atoms with van der Waals surface area (Å²) in [4.78, 5) is 14.1. The number of sulfonamides is 1. The van der Waals surface area contributed by atoms with Gasteiger partial charge >= 0.3 is 5.97 Å². The molecule has 2 aromatic heterocycles. The van der Waals surface area contributed by atoms with Gasteiger partial charge in [0.15, 0.2) is 0 Å². The maximum absolute atomic E-state index is 12.0. The maximum atomic E-state index is 12.0. The first-order valence-electron chi connectivity index (χ1n) is 5.25. The van der Waals surface area contributed by atoms with Gasteiger partial charge in [0.2, 0.25) is 0 Å². The van der Waals surface area contributed by atoms with Crippen LogP contribution in [-0.2, 0) is 21.4 Å². The number of carbonyl (C=O) groups is 1. The lowest BCUT2D eigenvalue weighted by Crippen LogP contribution is -2.13. The lowest BCUT2D eigenvalue weighted by atomic mass is 10.5. The molecule has 20 heavy (non-hydrogen) atoms. The third-order valence-corrected chi connectivity index (χ3v) is 3.72. The minimum atomic E-state index is -3.87. The van der Waals surface area contributed by atoms with Crippen molar-refractivity contribution >= 4 is 33.4 Å². The molecule has 0 amide bonds. The molecule has 2 N–H and O–H groups in total. The summed E-state index contributed by atoms with van der Waals surface area (Å²) in [6.45, 7) is -0.422. The predicted molar refractivity (Wildman–Crippen MR) is 69.9 cm³/mol. The molecule has 0 aromatic carbocycles. The molecule has 2 rings (SSSR count). The Balaban J connectivity index is 2.19. The Morgan fingerprint density at radius 2 is 2.15 bits per heavy atom. The number of pyridine rings is 1. The van der Waals surface area contributed by atoms with Crippen LogP contribution in [0.4, 0.5) is 5.82 Å². The number of hydrogen-bond acceptors (Lipinski definition) is 5. The fourth-order valence-electron chi connectivity index (χ4n) is 1.34. The molecule has 0 unspecified atom stereocenters. The molecular weight excluding hydrogens is 308 g/mol. The predicted octanol–water partition coefficient (Wildman–Crippen LogP) is 0.817. The Morgan fingerprint density at radius 3 is 2.75 bits per heavy atom.